The van der Waals surface area contributed by atoms with E-state index in [0.717, 1.165) is 54.6 Å². The third-order valence-corrected chi connectivity index (χ3v) is 8.66. The van der Waals surface area contributed by atoms with E-state index in [9.17, 15) is 4.79 Å². The van der Waals surface area contributed by atoms with Gasteiger partial charge in [-0.25, -0.2) is 4.98 Å². The van der Waals surface area contributed by atoms with Crippen molar-refractivity contribution >= 4 is 49.2 Å². The van der Waals surface area contributed by atoms with Gasteiger partial charge in [0, 0.05) is 21.5 Å². The molecule has 0 fully saturated rings. The third-order valence-electron chi connectivity index (χ3n) is 6.02. The van der Waals surface area contributed by atoms with Crippen LogP contribution in [0.2, 0.25) is 0 Å². The fraction of sp³-hybridized carbons (Fsp3) is 0.280. The lowest BCUT2D eigenvalue weighted by Crippen LogP contribution is -2.34. The molecule has 2 aromatic heterocycles. The van der Waals surface area contributed by atoms with Crippen LogP contribution in [0.5, 0.6) is 0 Å². The minimum Gasteiger partial charge on any atom is -0.369 e. The second-order valence-electron chi connectivity index (χ2n) is 8.24. The number of ether oxygens (including phenoxy) is 1. The first kappa shape index (κ1) is 21.9. The molecule has 0 saturated carbocycles. The molecule has 164 valence electrons. The number of nitrogens with zero attached hydrogens (tertiary/aromatic N) is 2. The maximum Gasteiger partial charge on any atom is 0.267 e. The number of fused-ring (bicyclic) bond motifs is 3. The average molecular weight is 528 g/mol. The van der Waals surface area contributed by atoms with E-state index in [1.807, 2.05) is 42.5 Å². The average Bonchev–Trinajstić information content (AvgIpc) is 3.17. The van der Waals surface area contributed by atoms with E-state index in [1.165, 1.54) is 5.56 Å². The highest BCUT2D eigenvalue weighted by atomic mass is 79.9. The first-order valence-corrected chi connectivity index (χ1v) is 13.2. The number of hydrogen-bond donors (Lipinski definition) is 0. The van der Waals surface area contributed by atoms with Crippen LogP contribution in [0.3, 0.4) is 0 Å². The van der Waals surface area contributed by atoms with Crippen molar-refractivity contribution < 1.29 is 4.74 Å². The SMILES string of the molecule is CCC1(C)Cc2c(sc3nc(SCc4ccc(Br)cc4)n(-c4ccccc4)c(=O)c23)CO1. The largest absolute Gasteiger partial charge is 0.369 e. The number of thiophene rings is 1. The van der Waals surface area contributed by atoms with Crippen LogP contribution in [-0.2, 0) is 23.5 Å². The Morgan fingerprint density at radius 2 is 1.94 bits per heavy atom. The van der Waals surface area contributed by atoms with Gasteiger partial charge in [0.2, 0.25) is 0 Å². The summed E-state index contributed by atoms with van der Waals surface area (Å²) < 4.78 is 8.96. The first-order chi connectivity index (χ1) is 15.5. The van der Waals surface area contributed by atoms with E-state index in [1.54, 1.807) is 27.7 Å². The maximum absolute atomic E-state index is 13.9. The Morgan fingerprint density at radius 3 is 2.66 bits per heavy atom. The Labute approximate surface area is 203 Å². The molecule has 0 bridgehead atoms. The normalized spacial score (nSPS) is 18.1. The molecule has 0 N–H and O–H groups in total. The minimum atomic E-state index is -0.236. The highest BCUT2D eigenvalue weighted by Gasteiger charge is 2.33. The highest BCUT2D eigenvalue weighted by Crippen LogP contribution is 2.39. The Morgan fingerprint density at radius 1 is 1.19 bits per heavy atom. The van der Waals surface area contributed by atoms with Gasteiger partial charge in [0.05, 0.1) is 23.3 Å². The molecule has 0 radical (unpaired) electrons. The monoisotopic (exact) mass is 526 g/mol. The van der Waals surface area contributed by atoms with Gasteiger partial charge in [-0.3, -0.25) is 9.36 Å². The molecule has 1 atom stereocenters. The Hall–Kier alpha value is -1.93. The summed E-state index contributed by atoms with van der Waals surface area (Å²) in [5.74, 6) is 0.736. The van der Waals surface area contributed by atoms with Crippen LogP contribution in [-0.4, -0.2) is 15.2 Å². The van der Waals surface area contributed by atoms with Crippen LogP contribution in [0.1, 0.15) is 36.3 Å². The van der Waals surface area contributed by atoms with Crippen molar-refractivity contribution in [3.8, 4) is 5.69 Å². The van der Waals surface area contributed by atoms with Gasteiger partial charge in [-0.1, -0.05) is 64.9 Å². The standard InChI is InChI=1S/C25H23BrN2O2S2/c1-3-25(2)13-19-20(14-30-25)32-22-21(19)23(29)28(18-7-5-4-6-8-18)24(27-22)31-15-16-9-11-17(26)12-10-16/h4-12H,3,13-15H2,1-2H3. The summed E-state index contributed by atoms with van der Waals surface area (Å²) in [5.41, 5.74) is 2.92. The number of thioether (sulfide) groups is 1. The summed E-state index contributed by atoms with van der Waals surface area (Å²) in [6.45, 7) is 4.81. The molecule has 1 aliphatic heterocycles. The number of halogens is 1. The van der Waals surface area contributed by atoms with Gasteiger partial charge < -0.3 is 4.74 Å². The molecule has 0 aliphatic carbocycles. The molecule has 3 heterocycles. The van der Waals surface area contributed by atoms with Gasteiger partial charge in [-0.2, -0.15) is 0 Å². The molecule has 0 saturated heterocycles. The number of aromatic nitrogens is 2. The van der Waals surface area contributed by atoms with Crippen molar-refractivity contribution in [2.24, 2.45) is 0 Å². The van der Waals surface area contributed by atoms with Crippen molar-refractivity contribution in [1.29, 1.82) is 0 Å². The second kappa shape index (κ2) is 8.78. The number of rotatable bonds is 5. The van der Waals surface area contributed by atoms with E-state index < -0.39 is 0 Å². The van der Waals surface area contributed by atoms with E-state index in [0.29, 0.717) is 6.61 Å². The van der Waals surface area contributed by atoms with Gasteiger partial charge in [0.25, 0.3) is 5.56 Å². The van der Waals surface area contributed by atoms with Gasteiger partial charge in [-0.05, 0) is 48.7 Å². The minimum absolute atomic E-state index is 0.0114. The topological polar surface area (TPSA) is 44.1 Å². The first-order valence-electron chi connectivity index (χ1n) is 10.6. The van der Waals surface area contributed by atoms with Gasteiger partial charge >= 0.3 is 0 Å². The van der Waals surface area contributed by atoms with Crippen LogP contribution >= 0.6 is 39.0 Å². The summed E-state index contributed by atoms with van der Waals surface area (Å²) in [7, 11) is 0. The third kappa shape index (κ3) is 4.07. The van der Waals surface area contributed by atoms with E-state index in [2.05, 4.69) is 41.9 Å². The molecule has 4 nitrogen and oxygen atoms in total. The molecule has 0 amide bonds. The number of para-hydroxylation sites is 1. The van der Waals surface area contributed by atoms with Crippen LogP contribution in [0.15, 0.2) is 69.0 Å². The van der Waals surface area contributed by atoms with Crippen LogP contribution in [0.4, 0.5) is 0 Å². The molecular formula is C25H23BrN2O2S2. The Kier molecular flexibility index (Phi) is 6.01. The van der Waals surface area contributed by atoms with Crippen LogP contribution in [0, 0.1) is 0 Å². The number of hydrogen-bond acceptors (Lipinski definition) is 5. The highest BCUT2D eigenvalue weighted by molar-refractivity contribution is 9.10. The van der Waals surface area contributed by atoms with Crippen molar-refractivity contribution in [2.75, 3.05) is 0 Å². The zero-order valence-electron chi connectivity index (χ0n) is 17.9. The summed E-state index contributed by atoms with van der Waals surface area (Å²) in [4.78, 5) is 20.9. The Balaban J connectivity index is 1.64. The smallest absolute Gasteiger partial charge is 0.267 e. The fourth-order valence-electron chi connectivity index (χ4n) is 3.96. The summed E-state index contributed by atoms with van der Waals surface area (Å²) in [6.07, 6.45) is 1.65. The summed E-state index contributed by atoms with van der Waals surface area (Å²) in [6, 6.07) is 18.1. The molecule has 1 aliphatic rings. The van der Waals surface area contributed by atoms with Crippen molar-refractivity contribution in [3.05, 3.63) is 85.4 Å². The predicted octanol–water partition coefficient (Wildman–Crippen LogP) is 6.74. The lowest BCUT2D eigenvalue weighted by atomic mass is 9.90. The zero-order valence-corrected chi connectivity index (χ0v) is 21.1. The molecule has 2 aromatic carbocycles. The van der Waals surface area contributed by atoms with E-state index in [-0.39, 0.29) is 11.2 Å². The van der Waals surface area contributed by atoms with Gasteiger partial charge in [0.1, 0.15) is 4.83 Å². The molecule has 4 aromatic rings. The van der Waals surface area contributed by atoms with Gasteiger partial charge in [0.15, 0.2) is 5.16 Å². The molecule has 7 heteroatoms. The molecule has 5 rings (SSSR count). The van der Waals surface area contributed by atoms with E-state index >= 15 is 0 Å². The van der Waals surface area contributed by atoms with Gasteiger partial charge in [-0.15, -0.1) is 11.3 Å². The molecular weight excluding hydrogens is 504 g/mol. The molecule has 32 heavy (non-hydrogen) atoms. The fourth-order valence-corrected chi connectivity index (χ4v) is 6.34. The molecule has 0 spiro atoms. The van der Waals surface area contributed by atoms with Crippen molar-refractivity contribution in [2.45, 2.75) is 49.8 Å². The van der Waals surface area contributed by atoms with E-state index in [4.69, 9.17) is 9.72 Å². The second-order valence-corrected chi connectivity index (χ2v) is 11.2. The number of benzene rings is 2. The zero-order chi connectivity index (χ0) is 22.3. The summed E-state index contributed by atoms with van der Waals surface area (Å²) in [5, 5.41) is 1.47. The van der Waals surface area contributed by atoms with Crippen LogP contribution < -0.4 is 5.56 Å². The van der Waals surface area contributed by atoms with Crippen molar-refractivity contribution in [3.63, 3.8) is 0 Å². The summed E-state index contributed by atoms with van der Waals surface area (Å²) >= 11 is 6.68. The predicted molar refractivity (Wildman–Crippen MR) is 136 cm³/mol. The van der Waals surface area contributed by atoms with Crippen molar-refractivity contribution in [1.82, 2.24) is 9.55 Å². The quantitative estimate of drug-likeness (QED) is 0.213. The maximum atomic E-state index is 13.9. The Bertz CT molecular complexity index is 1330. The lowest BCUT2D eigenvalue weighted by molar-refractivity contribution is -0.0543. The molecule has 1 unspecified atom stereocenters. The lowest BCUT2D eigenvalue weighted by Gasteiger charge is -2.32. The van der Waals surface area contributed by atoms with Crippen LogP contribution in [0.25, 0.3) is 15.9 Å².